The van der Waals surface area contributed by atoms with Crippen LogP contribution in [0.1, 0.15) is 49.1 Å². The Morgan fingerprint density at radius 3 is 2.97 bits per heavy atom. The molecule has 1 saturated heterocycles. The van der Waals surface area contributed by atoms with Crippen molar-refractivity contribution in [2.45, 2.75) is 43.6 Å². The Labute approximate surface area is 178 Å². The second kappa shape index (κ2) is 7.28. The summed E-state index contributed by atoms with van der Waals surface area (Å²) in [5.74, 6) is 0.794. The molecule has 4 heterocycles. The van der Waals surface area contributed by atoms with E-state index in [2.05, 4.69) is 35.3 Å². The summed E-state index contributed by atoms with van der Waals surface area (Å²) in [5, 5.41) is 6.79. The molecule has 2 N–H and O–H groups in total. The lowest BCUT2D eigenvalue weighted by molar-refractivity contribution is -0.113. The number of nitrogens with one attached hydrogen (secondary N) is 2. The minimum atomic E-state index is -0.273. The first kappa shape index (κ1) is 19.4. The molecule has 2 aromatic heterocycles. The molecule has 2 atom stereocenters. The first-order valence-electron chi connectivity index (χ1n) is 10.2. The van der Waals surface area contributed by atoms with Gasteiger partial charge >= 0.3 is 0 Å². The quantitative estimate of drug-likeness (QED) is 0.656. The number of aromatic nitrogens is 3. The van der Waals surface area contributed by atoms with Crippen molar-refractivity contribution >= 4 is 34.4 Å². The molecule has 7 nitrogen and oxygen atoms in total. The van der Waals surface area contributed by atoms with Crippen molar-refractivity contribution in [1.29, 1.82) is 0 Å². The van der Waals surface area contributed by atoms with Crippen LogP contribution in [0.2, 0.25) is 0 Å². The van der Waals surface area contributed by atoms with Gasteiger partial charge in [-0.1, -0.05) is 12.1 Å². The predicted octanol–water partition coefficient (Wildman–Crippen LogP) is 3.63. The molecule has 3 aromatic rings. The lowest BCUT2D eigenvalue weighted by Gasteiger charge is -2.36. The van der Waals surface area contributed by atoms with Crippen LogP contribution in [0.4, 0.5) is 5.82 Å². The zero-order valence-corrected chi connectivity index (χ0v) is 17.8. The van der Waals surface area contributed by atoms with Gasteiger partial charge in [0.15, 0.2) is 0 Å². The van der Waals surface area contributed by atoms with E-state index in [-0.39, 0.29) is 28.4 Å². The predicted molar refractivity (Wildman–Crippen MR) is 118 cm³/mol. The van der Waals surface area contributed by atoms with Crippen LogP contribution < -0.4 is 10.9 Å². The van der Waals surface area contributed by atoms with Gasteiger partial charge in [-0.15, -0.1) is 11.8 Å². The first-order valence-corrected chi connectivity index (χ1v) is 11.2. The average Bonchev–Trinajstić information content (AvgIpc) is 2.92. The Hall–Kier alpha value is -2.58. The molecule has 0 spiro atoms. The van der Waals surface area contributed by atoms with Crippen LogP contribution in [0.15, 0.2) is 41.3 Å². The van der Waals surface area contributed by atoms with E-state index in [1.165, 1.54) is 11.8 Å². The molecule has 8 heteroatoms. The summed E-state index contributed by atoms with van der Waals surface area (Å²) in [6.45, 7) is 4.73. The van der Waals surface area contributed by atoms with Gasteiger partial charge in [-0.25, -0.2) is 0 Å². The van der Waals surface area contributed by atoms with E-state index in [9.17, 15) is 9.59 Å². The Kier molecular flexibility index (Phi) is 4.71. The lowest BCUT2D eigenvalue weighted by atomic mass is 9.94. The normalized spacial score (nSPS) is 23.6. The summed E-state index contributed by atoms with van der Waals surface area (Å²) in [6.07, 6.45) is 3.32. The smallest absolute Gasteiger partial charge is 0.270 e. The minimum Gasteiger partial charge on any atom is -0.375 e. The minimum absolute atomic E-state index is 0.0649. The zero-order chi connectivity index (χ0) is 20.9. The number of fused-ring (bicyclic) bond motifs is 2. The number of hydrogen-bond donors (Lipinski definition) is 2. The highest BCUT2D eigenvalue weighted by atomic mass is 32.2. The van der Waals surface area contributed by atoms with Crippen molar-refractivity contribution in [2.24, 2.45) is 0 Å². The molecule has 0 saturated carbocycles. The largest absolute Gasteiger partial charge is 0.375 e. The van der Waals surface area contributed by atoms with Gasteiger partial charge in [-0.3, -0.25) is 24.4 Å². The summed E-state index contributed by atoms with van der Waals surface area (Å²) in [4.78, 5) is 30.0. The maximum Gasteiger partial charge on any atom is 0.270 e. The number of thioether (sulfide) groups is 1. The SMILES string of the molecule is CC1(C)C[C@H](n2[nH]c(=O)c3c2NC(=O)CS[C@@H]3c2ccc3ncccc3c2)CCO1. The number of carbonyl (C=O) groups excluding carboxylic acids is 1. The summed E-state index contributed by atoms with van der Waals surface area (Å²) in [6, 6.07) is 10.0. The monoisotopic (exact) mass is 424 g/mol. The zero-order valence-electron chi connectivity index (χ0n) is 17.0. The molecule has 156 valence electrons. The van der Waals surface area contributed by atoms with Crippen LogP contribution in [0.3, 0.4) is 0 Å². The fourth-order valence-electron chi connectivity index (χ4n) is 4.46. The Morgan fingerprint density at radius 2 is 2.13 bits per heavy atom. The standard InChI is InChI=1S/C22H24N4O3S/c1-22(2)11-15(7-9-29-22)26-20-18(21(28)25-26)19(30-12-17(27)24-20)14-5-6-16-13(10-14)4-3-8-23-16/h3-6,8,10,15,19H,7,9,11-12H2,1-2H3,(H,24,27)(H,25,28)/t15-,19-/m1/s1. The third-order valence-electron chi connectivity index (χ3n) is 5.83. The number of aromatic amines is 1. The number of hydrogen-bond acceptors (Lipinski definition) is 5. The van der Waals surface area contributed by atoms with Gasteiger partial charge in [0.05, 0.1) is 33.7 Å². The highest BCUT2D eigenvalue weighted by Gasteiger charge is 2.36. The fourth-order valence-corrected chi connectivity index (χ4v) is 5.57. The van der Waals surface area contributed by atoms with E-state index in [4.69, 9.17) is 4.74 Å². The van der Waals surface area contributed by atoms with Crippen molar-refractivity contribution in [3.63, 3.8) is 0 Å². The van der Waals surface area contributed by atoms with Gasteiger partial charge in [0.1, 0.15) is 5.82 Å². The Morgan fingerprint density at radius 1 is 1.27 bits per heavy atom. The van der Waals surface area contributed by atoms with Gasteiger partial charge in [-0.05, 0) is 50.5 Å². The molecule has 0 radical (unpaired) electrons. The van der Waals surface area contributed by atoms with E-state index >= 15 is 0 Å². The van der Waals surface area contributed by atoms with Crippen LogP contribution in [0, 0.1) is 0 Å². The third kappa shape index (κ3) is 3.44. The second-order valence-corrected chi connectivity index (χ2v) is 9.62. The van der Waals surface area contributed by atoms with Crippen molar-refractivity contribution in [2.75, 3.05) is 17.7 Å². The molecule has 5 rings (SSSR count). The van der Waals surface area contributed by atoms with Crippen LogP contribution in [-0.4, -0.2) is 38.6 Å². The Bertz CT molecular complexity index is 1180. The summed E-state index contributed by atoms with van der Waals surface area (Å²) >= 11 is 1.48. The topological polar surface area (TPSA) is 89.0 Å². The van der Waals surface area contributed by atoms with Gasteiger partial charge in [-0.2, -0.15) is 0 Å². The average molecular weight is 425 g/mol. The molecule has 2 aliphatic heterocycles. The van der Waals surface area contributed by atoms with Crippen LogP contribution in [0.25, 0.3) is 10.9 Å². The number of rotatable bonds is 2. The van der Waals surface area contributed by atoms with Gasteiger partial charge in [0, 0.05) is 18.2 Å². The number of pyridine rings is 1. The van der Waals surface area contributed by atoms with Gasteiger partial charge in [0.2, 0.25) is 5.91 Å². The number of ether oxygens (including phenoxy) is 1. The maximum absolute atomic E-state index is 13.1. The number of H-pyrrole nitrogens is 1. The summed E-state index contributed by atoms with van der Waals surface area (Å²) in [5.41, 5.74) is 2.09. The van der Waals surface area contributed by atoms with E-state index in [0.29, 0.717) is 23.7 Å². The lowest BCUT2D eigenvalue weighted by Crippen LogP contribution is -2.36. The molecule has 2 aliphatic rings. The van der Waals surface area contributed by atoms with Gasteiger partial charge < -0.3 is 10.1 Å². The molecule has 1 aromatic carbocycles. The molecular formula is C22H24N4O3S. The highest BCUT2D eigenvalue weighted by molar-refractivity contribution is 8.00. The van der Waals surface area contributed by atoms with Crippen LogP contribution >= 0.6 is 11.8 Å². The molecule has 1 fully saturated rings. The molecule has 0 bridgehead atoms. The van der Waals surface area contributed by atoms with Crippen LogP contribution in [0.5, 0.6) is 0 Å². The fraction of sp³-hybridized carbons (Fsp3) is 0.409. The number of benzene rings is 1. The van der Waals surface area contributed by atoms with Crippen molar-refractivity contribution < 1.29 is 9.53 Å². The van der Waals surface area contributed by atoms with Crippen LogP contribution in [-0.2, 0) is 9.53 Å². The molecule has 1 amide bonds. The Balaban J connectivity index is 1.62. The number of nitrogens with zero attached hydrogens (tertiary/aromatic N) is 2. The molecule has 0 aliphatic carbocycles. The molecule has 0 unspecified atom stereocenters. The van der Waals surface area contributed by atoms with Gasteiger partial charge in [0.25, 0.3) is 5.56 Å². The van der Waals surface area contributed by atoms with E-state index in [1.54, 1.807) is 6.20 Å². The van der Waals surface area contributed by atoms with E-state index in [0.717, 1.165) is 29.3 Å². The number of carbonyl (C=O) groups is 1. The summed E-state index contributed by atoms with van der Waals surface area (Å²) < 4.78 is 7.70. The second-order valence-electron chi connectivity index (χ2n) is 8.52. The van der Waals surface area contributed by atoms with Crippen molar-refractivity contribution in [3.8, 4) is 0 Å². The maximum atomic E-state index is 13.1. The number of anilines is 1. The molecular weight excluding hydrogens is 400 g/mol. The number of amides is 1. The van der Waals surface area contributed by atoms with Crippen molar-refractivity contribution in [1.82, 2.24) is 14.8 Å². The molecule has 30 heavy (non-hydrogen) atoms. The van der Waals surface area contributed by atoms with E-state index in [1.807, 2.05) is 28.9 Å². The summed E-state index contributed by atoms with van der Waals surface area (Å²) in [7, 11) is 0. The first-order chi connectivity index (χ1) is 14.4. The highest BCUT2D eigenvalue weighted by Crippen LogP contribution is 2.42. The third-order valence-corrected chi connectivity index (χ3v) is 7.10. The van der Waals surface area contributed by atoms with Crippen molar-refractivity contribution in [3.05, 3.63) is 58.0 Å². The van der Waals surface area contributed by atoms with E-state index < -0.39 is 0 Å².